The molecule has 0 unspecified atom stereocenters. The lowest BCUT2D eigenvalue weighted by Gasteiger charge is -2.07. The second kappa shape index (κ2) is 6.48. The van der Waals surface area contributed by atoms with Crippen LogP contribution in [0.25, 0.3) is 22.0 Å². The molecule has 2 aromatic heterocycles. The van der Waals surface area contributed by atoms with Crippen LogP contribution in [0.15, 0.2) is 50.4 Å². The number of nitrogens with one attached hydrogen (secondary N) is 2. The van der Waals surface area contributed by atoms with E-state index in [9.17, 15) is 18.8 Å². The van der Waals surface area contributed by atoms with Crippen LogP contribution in [0.5, 0.6) is 0 Å². The molecule has 0 aliphatic carbocycles. The fraction of sp³-hybridized carbons (Fsp3) is 0.118. The minimum atomic E-state index is -0.603. The monoisotopic (exact) mass is 369 g/mol. The predicted molar refractivity (Wildman–Crippen MR) is 92.9 cm³/mol. The molecule has 0 bridgehead atoms. The number of amides is 1. The van der Waals surface area contributed by atoms with Gasteiger partial charge in [-0.2, -0.15) is 0 Å². The third-order valence-corrected chi connectivity index (χ3v) is 3.98. The molecule has 0 fully saturated rings. The maximum absolute atomic E-state index is 13.3. The quantitative estimate of drug-likeness (QED) is 0.548. The first-order chi connectivity index (χ1) is 13.0. The second-order valence-electron chi connectivity index (χ2n) is 5.76. The summed E-state index contributed by atoms with van der Waals surface area (Å²) >= 11 is 0. The van der Waals surface area contributed by atoms with Crippen LogP contribution in [-0.4, -0.2) is 32.4 Å². The minimum Gasteiger partial charge on any atom is -0.408 e. The van der Waals surface area contributed by atoms with Crippen LogP contribution in [0.1, 0.15) is 10.4 Å². The smallest absolute Gasteiger partial charge is 0.408 e. The Kier molecular flexibility index (Phi) is 3.99. The lowest BCUT2D eigenvalue weighted by atomic mass is 10.2. The van der Waals surface area contributed by atoms with Crippen molar-refractivity contribution in [1.29, 1.82) is 0 Å². The van der Waals surface area contributed by atoms with Crippen LogP contribution >= 0.6 is 0 Å². The number of fused-ring (bicyclic) bond motifs is 2. The molecule has 0 saturated carbocycles. The molecule has 2 heterocycles. The Hall–Kier alpha value is -3.82. The largest absolute Gasteiger partial charge is 0.417 e. The zero-order chi connectivity index (χ0) is 19.0. The molecule has 0 radical (unpaired) electrons. The molecular weight excluding hydrogens is 357 g/mol. The highest BCUT2D eigenvalue weighted by molar-refractivity contribution is 5.96. The Balaban J connectivity index is 1.48. The molecule has 1 amide bonds. The van der Waals surface area contributed by atoms with E-state index in [0.29, 0.717) is 16.6 Å². The van der Waals surface area contributed by atoms with Gasteiger partial charge in [-0.25, -0.2) is 13.9 Å². The van der Waals surface area contributed by atoms with Gasteiger partial charge in [0.1, 0.15) is 11.3 Å². The summed E-state index contributed by atoms with van der Waals surface area (Å²) in [7, 11) is 0. The van der Waals surface area contributed by atoms with E-state index >= 15 is 0 Å². The number of nitrogens with zero attached hydrogens (tertiary/aromatic N) is 3. The molecule has 9 nitrogen and oxygen atoms in total. The molecule has 0 aliphatic heterocycles. The lowest BCUT2D eigenvalue weighted by Crippen LogP contribution is -2.32. The zero-order valence-electron chi connectivity index (χ0n) is 13.7. The molecule has 10 heteroatoms. The van der Waals surface area contributed by atoms with Gasteiger partial charge in [-0.15, -0.1) is 5.10 Å². The van der Waals surface area contributed by atoms with Crippen LogP contribution in [0.4, 0.5) is 4.39 Å². The van der Waals surface area contributed by atoms with Gasteiger partial charge < -0.3 is 9.73 Å². The van der Waals surface area contributed by atoms with Gasteiger partial charge >= 0.3 is 5.76 Å². The fourth-order valence-corrected chi connectivity index (χ4v) is 2.66. The highest BCUT2D eigenvalue weighted by Gasteiger charge is 2.10. The number of halogens is 1. The number of benzene rings is 2. The fourth-order valence-electron chi connectivity index (χ4n) is 2.66. The number of carbonyl (C=O) groups excluding carboxylic acids is 1. The second-order valence-corrected chi connectivity index (χ2v) is 5.76. The molecule has 0 aliphatic rings. The van der Waals surface area contributed by atoms with Crippen LogP contribution < -0.4 is 16.6 Å². The Morgan fingerprint density at radius 3 is 2.93 bits per heavy atom. The van der Waals surface area contributed by atoms with Crippen molar-refractivity contribution in [1.82, 2.24) is 25.3 Å². The molecule has 2 N–H and O–H groups in total. The van der Waals surface area contributed by atoms with Crippen molar-refractivity contribution < 1.29 is 13.6 Å². The summed E-state index contributed by atoms with van der Waals surface area (Å²) in [6.45, 7) is 0.162. The normalized spacial score (nSPS) is 11.1. The van der Waals surface area contributed by atoms with Crippen molar-refractivity contribution in [3.05, 3.63) is 68.7 Å². The van der Waals surface area contributed by atoms with E-state index < -0.39 is 23.0 Å². The average molecular weight is 369 g/mol. The van der Waals surface area contributed by atoms with Crippen molar-refractivity contribution in [2.75, 3.05) is 6.54 Å². The average Bonchev–Trinajstić information content (AvgIpc) is 3.03. The molecule has 4 aromatic rings. The van der Waals surface area contributed by atoms with E-state index in [1.807, 2.05) is 0 Å². The summed E-state index contributed by atoms with van der Waals surface area (Å²) in [5, 5.41) is 10.4. The first-order valence-electron chi connectivity index (χ1n) is 7.95. The molecule has 27 heavy (non-hydrogen) atoms. The summed E-state index contributed by atoms with van der Waals surface area (Å²) in [5.41, 5.74) is 0.851. The molecule has 4 rings (SSSR count). The van der Waals surface area contributed by atoms with E-state index in [1.165, 1.54) is 24.3 Å². The topological polar surface area (TPSA) is 123 Å². The molecule has 136 valence electrons. The highest BCUT2D eigenvalue weighted by atomic mass is 19.1. The van der Waals surface area contributed by atoms with Crippen molar-refractivity contribution in [3.8, 4) is 0 Å². The predicted octanol–water partition coefficient (Wildman–Crippen LogP) is 0.795. The van der Waals surface area contributed by atoms with E-state index in [4.69, 9.17) is 4.42 Å². The Labute approximate surface area is 149 Å². The number of aromatic nitrogens is 4. The SMILES string of the molecule is O=C(NCCn1nnc2ccc(F)cc2c1=O)c1ccc2[nH]c(=O)oc2c1. The highest BCUT2D eigenvalue weighted by Crippen LogP contribution is 2.12. The van der Waals surface area contributed by atoms with Crippen molar-refractivity contribution in [3.63, 3.8) is 0 Å². The summed E-state index contributed by atoms with van der Waals surface area (Å²) < 4.78 is 19.3. The van der Waals surface area contributed by atoms with Gasteiger partial charge in [0.25, 0.3) is 11.5 Å². The zero-order valence-corrected chi connectivity index (χ0v) is 13.7. The Morgan fingerprint density at radius 1 is 1.22 bits per heavy atom. The number of hydrogen-bond donors (Lipinski definition) is 2. The number of aromatic amines is 1. The van der Waals surface area contributed by atoms with Crippen molar-refractivity contribution in [2.45, 2.75) is 6.54 Å². The number of oxazole rings is 1. The van der Waals surface area contributed by atoms with Crippen molar-refractivity contribution >= 4 is 27.9 Å². The van der Waals surface area contributed by atoms with E-state index in [1.54, 1.807) is 6.07 Å². The summed E-state index contributed by atoms with van der Waals surface area (Å²) in [4.78, 5) is 38.2. The van der Waals surface area contributed by atoms with E-state index in [-0.39, 0.29) is 24.1 Å². The molecule has 0 saturated heterocycles. The standard InChI is InChI=1S/C17H12FN5O4/c18-10-2-4-12-11(8-10)16(25)23(22-21-12)6-5-19-15(24)9-1-3-13-14(7-9)27-17(26)20-13/h1-4,7-8H,5-6H2,(H,19,24)(H,20,26). The first-order valence-corrected chi connectivity index (χ1v) is 7.95. The third-order valence-electron chi connectivity index (χ3n) is 3.98. The molecule has 0 spiro atoms. The summed E-state index contributed by atoms with van der Waals surface area (Å²) in [6, 6.07) is 8.21. The third kappa shape index (κ3) is 3.19. The summed E-state index contributed by atoms with van der Waals surface area (Å²) in [6.07, 6.45) is 0. The van der Waals surface area contributed by atoms with Gasteiger partial charge in [-0.3, -0.25) is 14.6 Å². The van der Waals surface area contributed by atoms with Crippen LogP contribution in [0.3, 0.4) is 0 Å². The van der Waals surface area contributed by atoms with Crippen molar-refractivity contribution in [2.24, 2.45) is 0 Å². The number of rotatable bonds is 4. The lowest BCUT2D eigenvalue weighted by molar-refractivity contribution is 0.0951. The number of H-pyrrole nitrogens is 1. The van der Waals surface area contributed by atoms with Gasteiger partial charge in [0.05, 0.1) is 17.4 Å². The van der Waals surface area contributed by atoms with E-state index in [2.05, 4.69) is 20.6 Å². The maximum Gasteiger partial charge on any atom is 0.417 e. The van der Waals surface area contributed by atoms with Gasteiger partial charge in [0.2, 0.25) is 0 Å². The van der Waals surface area contributed by atoms with Gasteiger partial charge in [-0.05, 0) is 36.4 Å². The number of hydrogen-bond acceptors (Lipinski definition) is 6. The molecule has 2 aromatic carbocycles. The van der Waals surface area contributed by atoms with E-state index in [0.717, 1.165) is 10.7 Å². The Bertz CT molecular complexity index is 1290. The minimum absolute atomic E-state index is 0.0610. The van der Waals surface area contributed by atoms with Gasteiger partial charge in [0.15, 0.2) is 5.58 Å². The van der Waals surface area contributed by atoms with Crippen LogP contribution in [-0.2, 0) is 6.54 Å². The van der Waals surface area contributed by atoms with Gasteiger partial charge in [0, 0.05) is 12.1 Å². The van der Waals surface area contributed by atoms with Crippen LogP contribution in [0.2, 0.25) is 0 Å². The Morgan fingerprint density at radius 2 is 2.07 bits per heavy atom. The molecule has 0 atom stereocenters. The maximum atomic E-state index is 13.3. The van der Waals surface area contributed by atoms with Gasteiger partial charge in [-0.1, -0.05) is 5.21 Å². The summed E-state index contributed by atoms with van der Waals surface area (Å²) in [5.74, 6) is -1.55. The number of carbonyl (C=O) groups is 1. The first kappa shape index (κ1) is 16.6. The molecular formula is C17H12FN5O4. The van der Waals surface area contributed by atoms with Crippen LogP contribution in [0, 0.1) is 5.82 Å².